The molecule has 14 aromatic carbocycles. The summed E-state index contributed by atoms with van der Waals surface area (Å²) in [5.41, 5.74) is 21.4. The maximum atomic E-state index is 6.86. The molecule has 0 unspecified atom stereocenters. The Bertz CT molecular complexity index is 5140. The maximum Gasteiger partial charge on any atom is 0.136 e. The lowest BCUT2D eigenvalue weighted by Gasteiger charge is -2.26. The summed E-state index contributed by atoms with van der Waals surface area (Å²) in [5.74, 6) is 0. The lowest BCUT2D eigenvalue weighted by molar-refractivity contribution is 0.669. The van der Waals surface area contributed by atoms with Gasteiger partial charge in [0.05, 0.1) is 16.6 Å². The highest BCUT2D eigenvalue weighted by Gasteiger charge is 2.25. The number of anilines is 6. The number of fused-ring (bicyclic) bond motifs is 12. The third kappa shape index (κ3) is 7.84. The Morgan fingerprint density at radius 1 is 0.226 bits per heavy atom. The van der Waals surface area contributed by atoms with E-state index in [1.165, 1.54) is 93.4 Å². The van der Waals surface area contributed by atoms with Crippen molar-refractivity contribution in [3.05, 3.63) is 309 Å². The summed E-state index contributed by atoms with van der Waals surface area (Å²) < 4.78 is 9.38. The van der Waals surface area contributed by atoms with Crippen molar-refractivity contribution in [2.45, 2.75) is 0 Å². The first-order valence-electron chi connectivity index (χ1n) is 28.8. The van der Waals surface area contributed by atoms with Gasteiger partial charge in [0.2, 0.25) is 0 Å². The van der Waals surface area contributed by atoms with Crippen molar-refractivity contribution in [2.75, 3.05) is 9.80 Å². The van der Waals surface area contributed by atoms with Crippen LogP contribution in [0.2, 0.25) is 0 Å². The largest absolute Gasteiger partial charge is 0.456 e. The van der Waals surface area contributed by atoms with Crippen LogP contribution in [-0.4, -0.2) is 4.40 Å². The maximum absolute atomic E-state index is 6.86. The number of hydrogen-bond donors (Lipinski definition) is 0. The molecule has 0 saturated carbocycles. The molecule has 0 saturated heterocycles. The summed E-state index contributed by atoms with van der Waals surface area (Å²) in [6.45, 7) is 0. The molecule has 17 aromatic rings. The Hall–Kier alpha value is -11.2. The zero-order chi connectivity index (χ0) is 55.2. The summed E-state index contributed by atoms with van der Waals surface area (Å²) in [5, 5.41) is 11.7. The Morgan fingerprint density at radius 3 is 1.01 bits per heavy atom. The number of hydrogen-bond acceptors (Lipinski definition) is 3. The van der Waals surface area contributed by atoms with Gasteiger partial charge in [0.1, 0.15) is 11.2 Å². The molecule has 0 aliphatic carbocycles. The summed E-state index contributed by atoms with van der Waals surface area (Å²) in [4.78, 5) is 4.76. The molecule has 3 heterocycles. The minimum atomic E-state index is 0.889. The van der Waals surface area contributed by atoms with Crippen LogP contribution in [0.5, 0.6) is 0 Å². The normalized spacial score (nSPS) is 11.8. The molecule has 392 valence electrons. The first-order valence-corrected chi connectivity index (χ1v) is 28.8. The van der Waals surface area contributed by atoms with Crippen LogP contribution in [0.3, 0.4) is 0 Å². The fourth-order valence-electron chi connectivity index (χ4n) is 13.2. The lowest BCUT2D eigenvalue weighted by Crippen LogP contribution is -2.09. The zero-order valence-electron chi connectivity index (χ0n) is 45.7. The molecule has 0 atom stereocenters. The van der Waals surface area contributed by atoms with Crippen molar-refractivity contribution in [2.24, 2.45) is 0 Å². The number of aromatic nitrogens is 1. The van der Waals surface area contributed by atoms with E-state index in [0.717, 1.165) is 66.8 Å². The molecular formula is C80H51N3O. The van der Waals surface area contributed by atoms with Gasteiger partial charge in [0.25, 0.3) is 0 Å². The highest BCUT2D eigenvalue weighted by Crippen LogP contribution is 2.49. The van der Waals surface area contributed by atoms with Crippen LogP contribution in [0.1, 0.15) is 0 Å². The molecule has 0 fully saturated rings. The Labute approximate surface area is 485 Å². The average molecular weight is 1070 g/mol. The van der Waals surface area contributed by atoms with E-state index in [-0.39, 0.29) is 0 Å². The van der Waals surface area contributed by atoms with Gasteiger partial charge in [-0.15, -0.1) is 0 Å². The van der Waals surface area contributed by atoms with Gasteiger partial charge in [0, 0.05) is 66.4 Å². The van der Waals surface area contributed by atoms with Gasteiger partial charge in [-0.3, -0.25) is 0 Å². The summed E-state index contributed by atoms with van der Waals surface area (Å²) in [6.07, 6.45) is 0. The van der Waals surface area contributed by atoms with Gasteiger partial charge >= 0.3 is 0 Å². The standard InChI is InChI=1S/C80H51N3O/c1-5-15-52(16-6-1)56-25-35-64(36-26-56)81(65-37-27-57(28-38-65)53-17-7-2-8-18-53)68-43-33-60-49-74-71(47-62(60)45-68)72-51-77-78(70-23-13-14-24-76(70)84-77)79-73-48-63-46-69(44-34-61(63)50-75(73)83(74)80(72)79)82(66-39-29-58(30-40-66)54-19-9-3-10-20-54)67-41-31-59(32-42-67)55-21-11-4-12-22-55/h1-51H. The molecule has 3 aromatic heterocycles. The Balaban J connectivity index is 0.833. The molecule has 84 heavy (non-hydrogen) atoms. The predicted octanol–water partition coefficient (Wildman–Crippen LogP) is 22.7. The molecule has 0 spiro atoms. The predicted molar refractivity (Wildman–Crippen MR) is 355 cm³/mol. The van der Waals surface area contributed by atoms with Gasteiger partial charge in [-0.1, -0.05) is 200 Å². The van der Waals surface area contributed by atoms with Crippen molar-refractivity contribution in [1.82, 2.24) is 4.40 Å². The molecule has 0 N–H and O–H groups in total. The SMILES string of the molecule is c1ccc(-c2ccc(N(c3ccc(-c4ccccc4)cc3)c3ccc4cc5c(cc4c3)c3cc4oc6ccccc6c4c4c6cc7cc(N(c8ccc(-c9ccccc9)cc8)c8ccc(-c9ccccc9)cc8)ccc7cc6n5c34)cc2)cc1. The van der Waals surface area contributed by atoms with Gasteiger partial charge in [-0.2, -0.15) is 0 Å². The van der Waals surface area contributed by atoms with E-state index in [0.29, 0.717) is 0 Å². The monoisotopic (exact) mass is 1070 g/mol. The van der Waals surface area contributed by atoms with Gasteiger partial charge in [-0.05, 0) is 175 Å². The van der Waals surface area contributed by atoms with E-state index in [9.17, 15) is 0 Å². The molecule has 0 bridgehead atoms. The van der Waals surface area contributed by atoms with Crippen LogP contribution in [0, 0.1) is 0 Å². The van der Waals surface area contributed by atoms with Gasteiger partial charge < -0.3 is 18.6 Å². The summed E-state index contributed by atoms with van der Waals surface area (Å²) >= 11 is 0. The smallest absolute Gasteiger partial charge is 0.136 e. The minimum absolute atomic E-state index is 0.889. The zero-order valence-corrected chi connectivity index (χ0v) is 45.7. The van der Waals surface area contributed by atoms with Crippen LogP contribution in [0.25, 0.3) is 126 Å². The van der Waals surface area contributed by atoms with Gasteiger partial charge in [-0.25, -0.2) is 0 Å². The number of para-hydroxylation sites is 1. The van der Waals surface area contributed by atoms with Crippen LogP contribution < -0.4 is 9.80 Å². The molecular weight excluding hydrogens is 1020 g/mol. The fraction of sp³-hybridized carbons (Fsp3) is 0. The third-order valence-corrected chi connectivity index (χ3v) is 17.2. The second-order valence-electron chi connectivity index (χ2n) is 22.1. The number of furan rings is 1. The average Bonchev–Trinajstić information content (AvgIpc) is 1.57. The first-order chi connectivity index (χ1) is 41.6. The first kappa shape index (κ1) is 47.6. The topological polar surface area (TPSA) is 24.0 Å². The molecule has 0 amide bonds. The van der Waals surface area contributed by atoms with E-state index < -0.39 is 0 Å². The highest BCUT2D eigenvalue weighted by molar-refractivity contribution is 6.36. The van der Waals surface area contributed by atoms with Crippen molar-refractivity contribution < 1.29 is 4.42 Å². The second kappa shape index (κ2) is 19.2. The van der Waals surface area contributed by atoms with E-state index in [2.05, 4.69) is 324 Å². The molecule has 0 radical (unpaired) electrons. The molecule has 0 aliphatic rings. The quantitative estimate of drug-likeness (QED) is 0.136. The van der Waals surface area contributed by atoms with Crippen LogP contribution in [0.15, 0.2) is 314 Å². The molecule has 17 rings (SSSR count). The molecule has 4 nitrogen and oxygen atoms in total. The van der Waals surface area contributed by atoms with E-state index in [4.69, 9.17) is 4.42 Å². The van der Waals surface area contributed by atoms with E-state index >= 15 is 0 Å². The second-order valence-corrected chi connectivity index (χ2v) is 22.1. The van der Waals surface area contributed by atoms with E-state index in [1.807, 2.05) is 0 Å². The summed E-state index contributed by atoms with van der Waals surface area (Å²) in [6, 6.07) is 113. The minimum Gasteiger partial charge on any atom is -0.456 e. The lowest BCUT2D eigenvalue weighted by atomic mass is 9.99. The summed E-state index contributed by atoms with van der Waals surface area (Å²) in [7, 11) is 0. The van der Waals surface area contributed by atoms with Crippen LogP contribution in [0.4, 0.5) is 34.1 Å². The van der Waals surface area contributed by atoms with Crippen molar-refractivity contribution in [1.29, 1.82) is 0 Å². The Kier molecular flexibility index (Phi) is 10.9. The fourth-order valence-corrected chi connectivity index (χ4v) is 13.2. The number of rotatable bonds is 10. The van der Waals surface area contributed by atoms with Crippen LogP contribution in [-0.2, 0) is 0 Å². The Morgan fingerprint density at radius 2 is 0.583 bits per heavy atom. The van der Waals surface area contributed by atoms with Gasteiger partial charge in [0.15, 0.2) is 0 Å². The van der Waals surface area contributed by atoms with Crippen molar-refractivity contribution in [3.8, 4) is 44.5 Å². The molecule has 0 aliphatic heterocycles. The number of benzene rings is 14. The molecule has 4 heteroatoms. The van der Waals surface area contributed by atoms with Crippen molar-refractivity contribution in [3.63, 3.8) is 0 Å². The highest BCUT2D eigenvalue weighted by atomic mass is 16.3. The van der Waals surface area contributed by atoms with Crippen molar-refractivity contribution >= 4 is 116 Å². The van der Waals surface area contributed by atoms with Crippen LogP contribution >= 0.6 is 0 Å². The number of nitrogens with zero attached hydrogens (tertiary/aromatic N) is 3. The third-order valence-electron chi connectivity index (χ3n) is 17.2. The van der Waals surface area contributed by atoms with E-state index in [1.54, 1.807) is 0 Å².